The molecule has 1 amide bonds. The molecule has 0 saturated carbocycles. The van der Waals surface area contributed by atoms with E-state index in [-0.39, 0.29) is 11.7 Å². The van der Waals surface area contributed by atoms with Crippen molar-refractivity contribution in [3.63, 3.8) is 0 Å². The molecule has 9 nitrogen and oxygen atoms in total. The number of nitrogens with zero attached hydrogens (tertiary/aromatic N) is 4. The van der Waals surface area contributed by atoms with Gasteiger partial charge < -0.3 is 19.7 Å². The predicted molar refractivity (Wildman–Crippen MR) is 112 cm³/mol. The van der Waals surface area contributed by atoms with Crippen molar-refractivity contribution in [2.24, 2.45) is 0 Å². The highest BCUT2D eigenvalue weighted by molar-refractivity contribution is 7.15. The Bertz CT molecular complexity index is 1180. The zero-order valence-electron chi connectivity index (χ0n) is 16.7. The number of anilines is 1. The molecule has 0 bridgehead atoms. The van der Waals surface area contributed by atoms with Crippen LogP contribution in [0.3, 0.4) is 0 Å². The van der Waals surface area contributed by atoms with Crippen molar-refractivity contribution in [2.75, 3.05) is 18.4 Å². The van der Waals surface area contributed by atoms with Crippen LogP contribution >= 0.6 is 11.3 Å². The van der Waals surface area contributed by atoms with Crippen LogP contribution < -0.4 is 10.6 Å². The van der Waals surface area contributed by atoms with E-state index in [1.807, 2.05) is 32.0 Å². The van der Waals surface area contributed by atoms with Crippen molar-refractivity contribution in [3.8, 4) is 21.9 Å². The van der Waals surface area contributed by atoms with Gasteiger partial charge in [-0.05, 0) is 32.9 Å². The summed E-state index contributed by atoms with van der Waals surface area (Å²) in [5.41, 5.74) is 2.99. The summed E-state index contributed by atoms with van der Waals surface area (Å²) in [5, 5.41) is 13.6. The molecule has 4 aromatic heterocycles. The molecule has 0 aromatic carbocycles. The standard InChI is InChI=1S/C20H20N6O3S/c1-11-8-15(28-25-11)14-10-23-20(24-18(14)17-5-4-13(3)30-17)22-7-6-21-19(27)16-9-12(2)26-29-16/h4-5,8-10H,6-7H2,1-3H3,(H,21,27)(H,22,23,24). The van der Waals surface area contributed by atoms with Crippen LogP contribution in [0.4, 0.5) is 5.95 Å². The Hall–Kier alpha value is -3.53. The third-order valence-corrected chi connectivity index (χ3v) is 5.21. The fraction of sp³-hybridized carbons (Fsp3) is 0.250. The Kier molecular flexibility index (Phi) is 5.57. The van der Waals surface area contributed by atoms with Crippen molar-refractivity contribution >= 4 is 23.2 Å². The van der Waals surface area contributed by atoms with Gasteiger partial charge in [-0.3, -0.25) is 4.79 Å². The number of nitrogens with one attached hydrogen (secondary N) is 2. The molecule has 4 heterocycles. The van der Waals surface area contributed by atoms with Gasteiger partial charge in [-0.1, -0.05) is 10.3 Å². The number of carbonyl (C=O) groups is 1. The van der Waals surface area contributed by atoms with E-state index in [4.69, 9.17) is 9.05 Å². The second-order valence-corrected chi connectivity index (χ2v) is 8.00. The van der Waals surface area contributed by atoms with Crippen molar-refractivity contribution in [3.05, 3.63) is 52.5 Å². The molecule has 0 radical (unpaired) electrons. The maximum absolute atomic E-state index is 12.0. The summed E-state index contributed by atoms with van der Waals surface area (Å²) < 4.78 is 10.4. The van der Waals surface area contributed by atoms with E-state index in [1.165, 1.54) is 4.88 Å². The molecule has 10 heteroatoms. The van der Waals surface area contributed by atoms with Crippen LogP contribution in [0.25, 0.3) is 21.9 Å². The van der Waals surface area contributed by atoms with Crippen molar-refractivity contribution in [1.82, 2.24) is 25.6 Å². The van der Waals surface area contributed by atoms with Crippen LogP contribution in [-0.2, 0) is 0 Å². The fourth-order valence-electron chi connectivity index (χ4n) is 2.80. The second kappa shape index (κ2) is 8.46. The molecule has 0 saturated heterocycles. The Morgan fingerprint density at radius 3 is 2.53 bits per heavy atom. The van der Waals surface area contributed by atoms with E-state index in [0.29, 0.717) is 30.5 Å². The maximum atomic E-state index is 12.0. The first-order chi connectivity index (χ1) is 14.5. The van der Waals surface area contributed by atoms with Gasteiger partial charge in [0.1, 0.15) is 0 Å². The van der Waals surface area contributed by atoms with Gasteiger partial charge >= 0.3 is 0 Å². The monoisotopic (exact) mass is 424 g/mol. The lowest BCUT2D eigenvalue weighted by atomic mass is 10.1. The number of amides is 1. The number of hydrogen-bond donors (Lipinski definition) is 2. The van der Waals surface area contributed by atoms with Gasteiger partial charge in [-0.15, -0.1) is 11.3 Å². The molecule has 0 spiro atoms. The SMILES string of the molecule is Cc1cc(C(=O)NCCNc2ncc(-c3cc(C)no3)c(-c3ccc(C)s3)n2)on1. The Labute approximate surface area is 176 Å². The largest absolute Gasteiger partial charge is 0.356 e. The van der Waals surface area contributed by atoms with Gasteiger partial charge in [-0.2, -0.15) is 0 Å². The molecule has 30 heavy (non-hydrogen) atoms. The molecule has 4 aromatic rings. The molecule has 0 unspecified atom stereocenters. The van der Waals surface area contributed by atoms with Crippen molar-refractivity contribution < 1.29 is 13.8 Å². The van der Waals surface area contributed by atoms with Crippen molar-refractivity contribution in [2.45, 2.75) is 20.8 Å². The zero-order chi connectivity index (χ0) is 21.1. The molecule has 0 aliphatic rings. The number of thiophene rings is 1. The van der Waals surface area contributed by atoms with Gasteiger partial charge in [0.2, 0.25) is 11.7 Å². The number of carbonyl (C=O) groups excluding carboxylic acids is 1. The topological polar surface area (TPSA) is 119 Å². The van der Waals surface area contributed by atoms with Crippen LogP contribution in [-0.4, -0.2) is 39.3 Å². The zero-order valence-corrected chi connectivity index (χ0v) is 17.5. The number of aromatic nitrogens is 4. The summed E-state index contributed by atoms with van der Waals surface area (Å²) in [5.74, 6) is 0.949. The molecule has 0 fully saturated rings. The molecule has 154 valence electrons. The molecule has 4 rings (SSSR count). The van der Waals surface area contributed by atoms with E-state index < -0.39 is 0 Å². The quantitative estimate of drug-likeness (QED) is 0.432. The Morgan fingerprint density at radius 2 is 1.87 bits per heavy atom. The lowest BCUT2D eigenvalue weighted by Gasteiger charge is -2.09. The first kappa shape index (κ1) is 19.8. The summed E-state index contributed by atoms with van der Waals surface area (Å²) >= 11 is 1.64. The third kappa shape index (κ3) is 4.38. The van der Waals surface area contributed by atoms with Gasteiger partial charge in [0.05, 0.1) is 27.5 Å². The van der Waals surface area contributed by atoms with Gasteiger partial charge in [-0.25, -0.2) is 9.97 Å². The van der Waals surface area contributed by atoms with E-state index >= 15 is 0 Å². The van der Waals surface area contributed by atoms with Crippen LogP contribution in [0.5, 0.6) is 0 Å². The first-order valence-electron chi connectivity index (χ1n) is 9.32. The first-order valence-corrected chi connectivity index (χ1v) is 10.1. The minimum absolute atomic E-state index is 0.186. The molecule has 0 aliphatic heterocycles. The normalized spacial score (nSPS) is 10.9. The third-order valence-electron chi connectivity index (χ3n) is 4.20. The van der Waals surface area contributed by atoms with E-state index in [0.717, 1.165) is 21.8 Å². The minimum atomic E-state index is -0.316. The lowest BCUT2D eigenvalue weighted by molar-refractivity contribution is 0.0918. The molecular formula is C20H20N6O3S. The fourth-order valence-corrected chi connectivity index (χ4v) is 3.67. The van der Waals surface area contributed by atoms with E-state index in [2.05, 4.69) is 30.9 Å². The van der Waals surface area contributed by atoms with Crippen LogP contribution in [0.2, 0.25) is 0 Å². The summed E-state index contributed by atoms with van der Waals surface area (Å²) in [6.45, 7) is 6.50. The van der Waals surface area contributed by atoms with Crippen molar-refractivity contribution in [1.29, 1.82) is 0 Å². The van der Waals surface area contributed by atoms with Gasteiger partial charge in [0.15, 0.2) is 5.76 Å². The number of aryl methyl sites for hydroxylation is 3. The molecule has 2 N–H and O–H groups in total. The minimum Gasteiger partial charge on any atom is -0.356 e. The highest BCUT2D eigenvalue weighted by Crippen LogP contribution is 2.35. The second-order valence-electron chi connectivity index (χ2n) is 6.71. The lowest BCUT2D eigenvalue weighted by Crippen LogP contribution is -2.28. The summed E-state index contributed by atoms with van der Waals surface area (Å²) in [6, 6.07) is 7.52. The van der Waals surface area contributed by atoms with Crippen LogP contribution in [0.15, 0.2) is 39.5 Å². The average Bonchev–Trinajstić information content (AvgIpc) is 3.46. The smallest absolute Gasteiger partial charge is 0.289 e. The Balaban J connectivity index is 1.47. The highest BCUT2D eigenvalue weighted by Gasteiger charge is 2.17. The predicted octanol–water partition coefficient (Wildman–Crippen LogP) is 3.62. The van der Waals surface area contributed by atoms with Crippen LogP contribution in [0.1, 0.15) is 26.8 Å². The molecular weight excluding hydrogens is 404 g/mol. The number of rotatable bonds is 7. The van der Waals surface area contributed by atoms with Gasteiger partial charge in [0, 0.05) is 36.3 Å². The van der Waals surface area contributed by atoms with Crippen LogP contribution in [0, 0.1) is 20.8 Å². The average molecular weight is 424 g/mol. The van der Waals surface area contributed by atoms with E-state index in [1.54, 1.807) is 30.5 Å². The summed E-state index contributed by atoms with van der Waals surface area (Å²) in [4.78, 5) is 23.3. The highest BCUT2D eigenvalue weighted by atomic mass is 32.1. The summed E-state index contributed by atoms with van der Waals surface area (Å²) in [6.07, 6.45) is 1.72. The summed E-state index contributed by atoms with van der Waals surface area (Å²) in [7, 11) is 0. The molecule has 0 atom stereocenters. The number of hydrogen-bond acceptors (Lipinski definition) is 9. The van der Waals surface area contributed by atoms with Gasteiger partial charge in [0.25, 0.3) is 5.91 Å². The molecule has 0 aliphatic carbocycles. The maximum Gasteiger partial charge on any atom is 0.289 e. The Morgan fingerprint density at radius 1 is 1.07 bits per heavy atom. The van der Waals surface area contributed by atoms with E-state index in [9.17, 15) is 4.79 Å².